The smallest absolute Gasteiger partial charge is 0.410 e. The molecule has 12 atom stereocenters. The predicted octanol–water partition coefficient (Wildman–Crippen LogP) is 23.4. The summed E-state index contributed by atoms with van der Waals surface area (Å²) in [6.07, 6.45) is 12.6. The number of ether oxygens (including phenoxy) is 6. The van der Waals surface area contributed by atoms with Crippen LogP contribution in [0.3, 0.4) is 0 Å². The van der Waals surface area contributed by atoms with Crippen molar-refractivity contribution in [2.75, 3.05) is 52.5 Å². The maximum absolute atomic E-state index is 12.5. The third-order valence-electron chi connectivity index (χ3n) is 26.3. The molecule has 6 saturated heterocycles. The standard InChI is InChI=1S/4C20H31NO3.2C19H29NO4/c4*1-6-8-15-13-14(2)10-11-16(15)18(22)17-9-7-12-21(17)19(23)24-20(3,4)5;2*1-13-7-8-15(14(12-13)9-11-21)17(22)16-6-5-10-20(16)18(23)24-19(2,3)4/h4*10-11,13,17-18,22H,6-9,12H2,1-5H3;2*7-8,12,16-17,21-22H,5-6,9-11H2,1-4H3/t4*17-,18?;2*16-,17?/m110010/s1. The van der Waals surface area contributed by atoms with Gasteiger partial charge >= 0.3 is 36.6 Å². The average molecular weight is 2000 g/mol. The van der Waals surface area contributed by atoms with E-state index < -0.39 is 70.2 Å². The number of rotatable bonds is 24. The SMILES string of the molecule is CCCc1cc(C)ccc1C(O)[C@@H]1CCCN1C(=O)OC(C)(C)C.CCCc1cc(C)ccc1C(O)[C@@H]1CCCN1C(=O)OC(C)(C)C.CCCc1cc(C)ccc1C(O)[C@H]1CCCN1C(=O)OC(C)(C)C.CCCc1cc(C)ccc1C(O)[C@H]1CCCN1C(=O)OC(C)(C)C.Cc1ccc(C(O)[C@@H]2CCCN2C(=O)OC(C)(C)C)c(CCO)c1.Cc1ccc(C(O)[C@H]2CCCN2C(=O)OC(C)(C)C)c(CCO)c1. The van der Waals surface area contributed by atoms with Gasteiger partial charge in [-0.15, -0.1) is 0 Å². The average Bonchev–Trinajstić information content (AvgIpc) is 1.59. The largest absolute Gasteiger partial charge is 0.444 e. The van der Waals surface area contributed by atoms with Crippen molar-refractivity contribution in [1.29, 1.82) is 0 Å². The molecule has 0 radical (unpaired) electrons. The Morgan fingerprint density at radius 3 is 0.500 bits per heavy atom. The van der Waals surface area contributed by atoms with E-state index in [1.807, 2.05) is 223 Å². The summed E-state index contributed by atoms with van der Waals surface area (Å²) < 4.78 is 33.0. The number of likely N-dealkylation sites (tertiary alicyclic amines) is 6. The first-order valence-electron chi connectivity index (χ1n) is 53.2. The van der Waals surface area contributed by atoms with Gasteiger partial charge in [-0.2, -0.15) is 0 Å². The molecule has 0 aliphatic carbocycles. The molecule has 26 nitrogen and oxygen atoms in total. The Kier molecular flexibility index (Phi) is 46.5. The summed E-state index contributed by atoms with van der Waals surface area (Å²) in [5.74, 6) is 0. The summed E-state index contributed by atoms with van der Waals surface area (Å²) in [5.41, 5.74) is 15.7. The quantitative estimate of drug-likeness (QED) is 0.0261. The van der Waals surface area contributed by atoms with Gasteiger partial charge in [0.2, 0.25) is 0 Å². The second-order valence-corrected chi connectivity index (χ2v) is 46.1. The maximum atomic E-state index is 12.5. The van der Waals surface area contributed by atoms with Crippen molar-refractivity contribution in [3.05, 3.63) is 209 Å². The lowest BCUT2D eigenvalue weighted by atomic mass is 9.92. The van der Waals surface area contributed by atoms with Crippen molar-refractivity contribution in [2.45, 2.75) is 442 Å². The van der Waals surface area contributed by atoms with Gasteiger partial charge in [0, 0.05) is 52.5 Å². The van der Waals surface area contributed by atoms with Gasteiger partial charge in [-0.3, -0.25) is 0 Å². The molecule has 6 fully saturated rings. The molecule has 12 rings (SSSR count). The molecule has 6 amide bonds. The van der Waals surface area contributed by atoms with Crippen LogP contribution >= 0.6 is 0 Å². The van der Waals surface area contributed by atoms with Gasteiger partial charge < -0.3 is 98.7 Å². The minimum Gasteiger partial charge on any atom is -0.444 e. The lowest BCUT2D eigenvalue weighted by molar-refractivity contribution is 0.00415. The highest BCUT2D eigenvalue weighted by Crippen LogP contribution is 2.42. The van der Waals surface area contributed by atoms with Crippen LogP contribution in [0, 0.1) is 41.5 Å². The second kappa shape index (κ2) is 55.0. The van der Waals surface area contributed by atoms with Crippen molar-refractivity contribution in [3.63, 3.8) is 0 Å². The van der Waals surface area contributed by atoms with Crippen molar-refractivity contribution < 1.29 is 98.0 Å². The molecule has 0 bridgehead atoms. The number of amides is 6. The van der Waals surface area contributed by atoms with Gasteiger partial charge in [0.1, 0.15) is 33.6 Å². The second-order valence-electron chi connectivity index (χ2n) is 46.1. The Morgan fingerprint density at radius 2 is 0.382 bits per heavy atom. The highest BCUT2D eigenvalue weighted by molar-refractivity contribution is 5.72. The molecule has 26 heteroatoms. The zero-order valence-electron chi connectivity index (χ0n) is 92.7. The number of carbonyl (C=O) groups excluding carboxylic acids is 6. The van der Waals surface area contributed by atoms with Crippen molar-refractivity contribution >= 4 is 36.6 Å². The van der Waals surface area contributed by atoms with E-state index in [9.17, 15) is 69.6 Å². The third kappa shape index (κ3) is 37.2. The molecule has 144 heavy (non-hydrogen) atoms. The minimum atomic E-state index is -0.776. The Balaban J connectivity index is 0.000000234. The van der Waals surface area contributed by atoms with E-state index >= 15 is 0 Å². The van der Waals surface area contributed by atoms with Crippen LogP contribution in [0.2, 0.25) is 0 Å². The van der Waals surface area contributed by atoms with Crippen LogP contribution in [0.4, 0.5) is 28.8 Å². The molecular weight excluding hydrogens is 1820 g/mol. The van der Waals surface area contributed by atoms with E-state index in [0.29, 0.717) is 52.1 Å². The van der Waals surface area contributed by atoms with E-state index in [2.05, 4.69) is 79.7 Å². The zero-order chi connectivity index (χ0) is 107. The van der Waals surface area contributed by atoms with E-state index in [0.717, 1.165) is 184 Å². The molecule has 8 N–H and O–H groups in total. The van der Waals surface area contributed by atoms with E-state index in [4.69, 9.17) is 28.4 Å². The molecule has 0 aromatic heterocycles. The Labute approximate surface area is 862 Å². The lowest BCUT2D eigenvalue weighted by Crippen LogP contribution is -2.42. The minimum absolute atomic E-state index is 0.0314. The fourth-order valence-electron chi connectivity index (χ4n) is 20.0. The van der Waals surface area contributed by atoms with Crippen LogP contribution in [0.5, 0.6) is 0 Å². The summed E-state index contributed by atoms with van der Waals surface area (Å²) in [7, 11) is 0. The molecule has 6 aliphatic heterocycles. The lowest BCUT2D eigenvalue weighted by Gasteiger charge is -2.32. The van der Waals surface area contributed by atoms with Crippen molar-refractivity contribution in [1.82, 2.24) is 29.4 Å². The summed E-state index contributed by atoms with van der Waals surface area (Å²) >= 11 is 0. The molecule has 804 valence electrons. The van der Waals surface area contributed by atoms with Gasteiger partial charge in [0.25, 0.3) is 0 Å². The summed E-state index contributed by atoms with van der Waals surface area (Å²) in [4.78, 5) is 84.8. The van der Waals surface area contributed by atoms with Crippen molar-refractivity contribution in [2.24, 2.45) is 0 Å². The topological polar surface area (TPSA) is 339 Å². The fourth-order valence-corrected chi connectivity index (χ4v) is 20.0. The maximum Gasteiger partial charge on any atom is 0.410 e. The predicted molar refractivity (Wildman–Crippen MR) is 570 cm³/mol. The van der Waals surface area contributed by atoms with Crippen LogP contribution in [-0.2, 0) is 66.9 Å². The Bertz CT molecular complexity index is 4270. The Hall–Kier alpha value is -9.38. The summed E-state index contributed by atoms with van der Waals surface area (Å²) in [5, 5.41) is 84.3. The van der Waals surface area contributed by atoms with Crippen LogP contribution < -0.4 is 0 Å². The molecule has 6 unspecified atom stereocenters. The first kappa shape index (κ1) is 122. The normalized spacial score (nSPS) is 19.4. The van der Waals surface area contributed by atoms with E-state index in [-0.39, 0.29) is 86.0 Å². The number of aliphatic hydroxyl groups is 8. The van der Waals surface area contributed by atoms with Gasteiger partial charge in [-0.1, -0.05) is 196 Å². The highest BCUT2D eigenvalue weighted by atomic mass is 16.6. The van der Waals surface area contributed by atoms with Crippen LogP contribution in [0.25, 0.3) is 0 Å². The van der Waals surface area contributed by atoms with Crippen LogP contribution in [-0.4, -0.2) is 229 Å². The number of hydrogen-bond acceptors (Lipinski definition) is 20. The van der Waals surface area contributed by atoms with E-state index in [1.165, 1.54) is 44.5 Å². The molecule has 6 aromatic rings. The summed E-state index contributed by atoms with van der Waals surface area (Å²) in [6.45, 7) is 58.1. The Morgan fingerprint density at radius 1 is 0.250 bits per heavy atom. The third-order valence-corrected chi connectivity index (χ3v) is 26.3. The number of benzene rings is 6. The van der Waals surface area contributed by atoms with Gasteiger partial charge in [0.05, 0.1) is 72.9 Å². The zero-order valence-corrected chi connectivity index (χ0v) is 92.7. The van der Waals surface area contributed by atoms with Crippen molar-refractivity contribution in [3.8, 4) is 0 Å². The molecule has 6 aromatic carbocycles. The molecule has 0 spiro atoms. The monoisotopic (exact) mass is 2000 g/mol. The highest BCUT2D eigenvalue weighted by Gasteiger charge is 2.45. The number of carbonyl (C=O) groups is 6. The molecule has 0 saturated carbocycles. The van der Waals surface area contributed by atoms with Crippen LogP contribution in [0.15, 0.2) is 109 Å². The number of hydrogen-bond donors (Lipinski definition) is 8. The number of aryl methyl sites for hydroxylation is 10. The first-order chi connectivity index (χ1) is 67.4. The van der Waals surface area contributed by atoms with Gasteiger partial charge in [-0.05, 0) is 349 Å². The van der Waals surface area contributed by atoms with Gasteiger partial charge in [0.15, 0.2) is 0 Å². The fraction of sp³-hybridized carbons (Fsp3) is 0.644. The van der Waals surface area contributed by atoms with Gasteiger partial charge in [-0.25, -0.2) is 28.8 Å². The number of aliphatic hydroxyl groups excluding tert-OH is 8. The molecule has 6 aliphatic rings. The molecule has 6 heterocycles. The molecular formula is C118H182N6O20. The van der Waals surface area contributed by atoms with Crippen LogP contribution in [0.1, 0.15) is 392 Å². The first-order valence-corrected chi connectivity index (χ1v) is 53.2. The summed E-state index contributed by atoms with van der Waals surface area (Å²) in [6, 6.07) is 35.0. The number of nitrogens with zero attached hydrogens (tertiary/aromatic N) is 6. The van der Waals surface area contributed by atoms with E-state index in [1.54, 1.807) is 29.4 Å².